The second-order valence-electron chi connectivity index (χ2n) is 9.10. The monoisotopic (exact) mass is 463 g/mol. The molecule has 0 saturated carbocycles. The van der Waals surface area contributed by atoms with Crippen LogP contribution >= 0.6 is 0 Å². The van der Waals surface area contributed by atoms with Crippen molar-refractivity contribution in [3.63, 3.8) is 0 Å². The Labute approximate surface area is 205 Å². The van der Waals surface area contributed by atoms with Gasteiger partial charge in [0.2, 0.25) is 5.91 Å². The van der Waals surface area contributed by atoms with Crippen molar-refractivity contribution >= 4 is 27.7 Å². The fourth-order valence-corrected chi connectivity index (χ4v) is 4.51. The van der Waals surface area contributed by atoms with Gasteiger partial charge >= 0.3 is 0 Å². The highest BCUT2D eigenvalue weighted by molar-refractivity contribution is 5.93. The molecule has 176 valence electrons. The van der Waals surface area contributed by atoms with Gasteiger partial charge in [-0.1, -0.05) is 30.3 Å². The fraction of sp³-hybridized carbons (Fsp3) is 0.200. The zero-order chi connectivity index (χ0) is 24.4. The van der Waals surface area contributed by atoms with Gasteiger partial charge < -0.3 is 14.6 Å². The second-order valence-corrected chi connectivity index (χ2v) is 9.10. The van der Waals surface area contributed by atoms with Crippen molar-refractivity contribution in [2.75, 3.05) is 7.11 Å². The van der Waals surface area contributed by atoms with Crippen LogP contribution < -0.4 is 10.1 Å². The van der Waals surface area contributed by atoms with Crippen LogP contribution in [-0.2, 0) is 17.8 Å². The van der Waals surface area contributed by atoms with Crippen LogP contribution in [0.15, 0.2) is 85.2 Å². The maximum absolute atomic E-state index is 12.9. The quantitative estimate of drug-likeness (QED) is 0.308. The molecule has 5 heteroatoms. The van der Waals surface area contributed by atoms with Gasteiger partial charge in [-0.05, 0) is 78.6 Å². The van der Waals surface area contributed by atoms with Crippen LogP contribution in [0.2, 0.25) is 0 Å². The van der Waals surface area contributed by atoms with Gasteiger partial charge in [0, 0.05) is 41.3 Å². The summed E-state index contributed by atoms with van der Waals surface area (Å²) < 4.78 is 7.45. The Morgan fingerprint density at radius 3 is 2.54 bits per heavy atom. The predicted octanol–water partition coefficient (Wildman–Crippen LogP) is 6.30. The van der Waals surface area contributed by atoms with Crippen LogP contribution in [0.25, 0.3) is 32.9 Å². The number of fused-ring (bicyclic) bond motifs is 2. The molecule has 35 heavy (non-hydrogen) atoms. The van der Waals surface area contributed by atoms with E-state index >= 15 is 0 Å². The molecule has 5 aromatic rings. The predicted molar refractivity (Wildman–Crippen MR) is 142 cm³/mol. The molecule has 0 fully saturated rings. The minimum Gasteiger partial charge on any atom is -0.497 e. The van der Waals surface area contributed by atoms with Gasteiger partial charge in [0.05, 0.1) is 19.0 Å². The molecule has 1 amide bonds. The molecule has 0 saturated heterocycles. The Kier molecular flexibility index (Phi) is 6.23. The first kappa shape index (κ1) is 22.7. The van der Waals surface area contributed by atoms with Gasteiger partial charge in [-0.25, -0.2) is 0 Å². The number of amides is 1. The molecule has 2 heterocycles. The number of hydrogen-bond acceptors (Lipinski definition) is 3. The molecule has 0 spiro atoms. The third-order valence-electron chi connectivity index (χ3n) is 6.41. The molecular weight excluding hydrogens is 434 g/mol. The lowest BCUT2D eigenvalue weighted by Crippen LogP contribution is -2.24. The molecule has 0 aliphatic heterocycles. The second kappa shape index (κ2) is 9.63. The maximum atomic E-state index is 12.9. The number of methoxy groups -OCH3 is 1. The number of nitrogens with one attached hydrogen (secondary N) is 1. The minimum absolute atomic E-state index is 0.00538. The lowest BCUT2D eigenvalue weighted by Gasteiger charge is -2.10. The molecule has 0 atom stereocenters. The van der Waals surface area contributed by atoms with E-state index in [2.05, 4.69) is 77.4 Å². The lowest BCUT2D eigenvalue weighted by molar-refractivity contribution is -0.120. The Morgan fingerprint density at radius 2 is 1.77 bits per heavy atom. The van der Waals surface area contributed by atoms with Crippen molar-refractivity contribution < 1.29 is 9.53 Å². The van der Waals surface area contributed by atoms with Gasteiger partial charge in [-0.2, -0.15) is 0 Å². The molecule has 0 radical (unpaired) electrons. The summed E-state index contributed by atoms with van der Waals surface area (Å²) in [5.74, 6) is 0.811. The number of ether oxygens (including phenoxy) is 1. The Bertz CT molecular complexity index is 1500. The first-order valence-corrected chi connectivity index (χ1v) is 11.9. The van der Waals surface area contributed by atoms with Gasteiger partial charge in [0.25, 0.3) is 0 Å². The molecule has 0 aliphatic carbocycles. The molecule has 2 aromatic heterocycles. The summed E-state index contributed by atoms with van der Waals surface area (Å²) in [4.78, 5) is 17.3. The van der Waals surface area contributed by atoms with Crippen molar-refractivity contribution in [2.24, 2.45) is 0 Å². The number of carbonyl (C=O) groups is 1. The van der Waals surface area contributed by atoms with Crippen molar-refractivity contribution in [1.82, 2.24) is 14.9 Å². The van der Waals surface area contributed by atoms with E-state index in [0.29, 0.717) is 19.0 Å². The highest BCUT2D eigenvalue weighted by Gasteiger charge is 2.15. The summed E-state index contributed by atoms with van der Waals surface area (Å²) >= 11 is 0. The van der Waals surface area contributed by atoms with E-state index in [-0.39, 0.29) is 5.91 Å². The molecule has 5 nitrogen and oxygen atoms in total. The fourth-order valence-electron chi connectivity index (χ4n) is 4.51. The van der Waals surface area contributed by atoms with E-state index in [4.69, 9.17) is 4.74 Å². The molecule has 0 aliphatic rings. The number of rotatable bonds is 7. The van der Waals surface area contributed by atoms with Crippen LogP contribution in [0.1, 0.15) is 31.0 Å². The number of nitrogens with zero attached hydrogens (tertiary/aromatic N) is 2. The number of pyridine rings is 1. The van der Waals surface area contributed by atoms with Crippen LogP contribution in [0.5, 0.6) is 5.75 Å². The molecule has 5 rings (SSSR count). The van der Waals surface area contributed by atoms with E-state index in [9.17, 15) is 4.79 Å². The van der Waals surface area contributed by atoms with Crippen LogP contribution in [0.4, 0.5) is 0 Å². The average Bonchev–Trinajstić information content (AvgIpc) is 3.25. The van der Waals surface area contributed by atoms with Crippen molar-refractivity contribution in [2.45, 2.75) is 32.9 Å². The molecule has 0 unspecified atom stereocenters. The largest absolute Gasteiger partial charge is 0.497 e. The van der Waals surface area contributed by atoms with Crippen molar-refractivity contribution in [1.29, 1.82) is 0 Å². The minimum atomic E-state index is 0.00538. The van der Waals surface area contributed by atoms with Gasteiger partial charge in [0.1, 0.15) is 5.75 Å². The Morgan fingerprint density at radius 1 is 1.00 bits per heavy atom. The zero-order valence-corrected chi connectivity index (χ0v) is 20.3. The average molecular weight is 464 g/mol. The van der Waals surface area contributed by atoms with Crippen LogP contribution in [-0.4, -0.2) is 22.6 Å². The normalized spacial score (nSPS) is 11.3. The van der Waals surface area contributed by atoms with E-state index < -0.39 is 0 Å². The summed E-state index contributed by atoms with van der Waals surface area (Å²) in [5.41, 5.74) is 6.47. The van der Waals surface area contributed by atoms with Crippen LogP contribution in [0.3, 0.4) is 0 Å². The SMILES string of the molecule is COc1ccc(CNC(=O)Cc2cn(C(C)C)c3ccc(-c4ccc5ncccc5c4)cc23)cc1. The maximum Gasteiger partial charge on any atom is 0.224 e. The first-order valence-electron chi connectivity index (χ1n) is 11.9. The van der Waals surface area contributed by atoms with E-state index in [0.717, 1.165) is 49.8 Å². The van der Waals surface area contributed by atoms with Gasteiger partial charge in [0.15, 0.2) is 0 Å². The zero-order valence-electron chi connectivity index (χ0n) is 20.3. The van der Waals surface area contributed by atoms with Crippen molar-refractivity contribution in [3.8, 4) is 16.9 Å². The van der Waals surface area contributed by atoms with Gasteiger partial charge in [-0.3, -0.25) is 9.78 Å². The number of hydrogen-bond donors (Lipinski definition) is 1. The molecule has 3 aromatic carbocycles. The van der Waals surface area contributed by atoms with E-state index in [1.165, 1.54) is 0 Å². The standard InChI is InChI=1S/C30H29N3O2/c1-20(2)33-19-25(17-30(34)32-18-21-6-10-26(35-3)11-7-21)27-16-23(9-13-29(27)33)22-8-12-28-24(15-22)5-4-14-31-28/h4-16,19-20H,17-18H2,1-3H3,(H,32,34). The third-order valence-corrected chi connectivity index (χ3v) is 6.41. The van der Waals surface area contributed by atoms with E-state index in [1.807, 2.05) is 36.5 Å². The summed E-state index contributed by atoms with van der Waals surface area (Å²) in [7, 11) is 1.65. The van der Waals surface area contributed by atoms with Crippen molar-refractivity contribution in [3.05, 3.63) is 96.3 Å². The summed E-state index contributed by atoms with van der Waals surface area (Å²) in [5, 5.41) is 5.29. The lowest BCUT2D eigenvalue weighted by atomic mass is 10.00. The Balaban J connectivity index is 1.42. The first-order chi connectivity index (χ1) is 17.0. The molecule has 0 bridgehead atoms. The van der Waals surface area contributed by atoms with Gasteiger partial charge in [-0.15, -0.1) is 0 Å². The summed E-state index contributed by atoms with van der Waals surface area (Å²) in [6.07, 6.45) is 4.27. The summed E-state index contributed by atoms with van der Waals surface area (Å²) in [6, 6.07) is 24.9. The number of aromatic nitrogens is 2. The molecule has 1 N–H and O–H groups in total. The third kappa shape index (κ3) is 4.76. The highest BCUT2D eigenvalue weighted by Crippen LogP contribution is 2.31. The smallest absolute Gasteiger partial charge is 0.224 e. The molecular formula is C30H29N3O2. The number of benzene rings is 3. The van der Waals surface area contributed by atoms with Crippen LogP contribution in [0, 0.1) is 0 Å². The highest BCUT2D eigenvalue weighted by atomic mass is 16.5. The van der Waals surface area contributed by atoms with E-state index in [1.54, 1.807) is 7.11 Å². The topological polar surface area (TPSA) is 56.1 Å². The Hall–Kier alpha value is -4.12. The number of carbonyl (C=O) groups excluding carboxylic acids is 1. The summed E-state index contributed by atoms with van der Waals surface area (Å²) in [6.45, 7) is 4.82.